The molecule has 0 radical (unpaired) electrons. The number of ether oxygens (including phenoxy) is 1. The Morgan fingerprint density at radius 3 is 2.59 bits per heavy atom. The van der Waals surface area contributed by atoms with Crippen molar-refractivity contribution in [3.8, 4) is 11.5 Å². The van der Waals surface area contributed by atoms with Gasteiger partial charge in [0.15, 0.2) is 0 Å². The van der Waals surface area contributed by atoms with Crippen LogP contribution < -0.4 is 10.1 Å². The fourth-order valence-corrected chi connectivity index (χ4v) is 5.26. The molecule has 0 amide bonds. The Balaban J connectivity index is 1.27. The molecule has 9 heteroatoms. The van der Waals surface area contributed by atoms with Gasteiger partial charge in [-0.05, 0) is 67.2 Å². The van der Waals surface area contributed by atoms with Gasteiger partial charge in [0.25, 0.3) is 0 Å². The van der Waals surface area contributed by atoms with Crippen LogP contribution in [0.2, 0.25) is 0 Å². The van der Waals surface area contributed by atoms with E-state index in [1.165, 1.54) is 6.07 Å². The van der Waals surface area contributed by atoms with Gasteiger partial charge in [-0.15, -0.1) is 0 Å². The highest BCUT2D eigenvalue weighted by molar-refractivity contribution is 5.83. The van der Waals surface area contributed by atoms with E-state index in [4.69, 9.17) is 14.8 Å². The number of aryl methyl sites for hydroxylation is 1. The number of carbonyl (C=O) groups excluding carboxylic acids is 1. The van der Waals surface area contributed by atoms with E-state index in [9.17, 15) is 9.18 Å². The molecule has 2 aromatic heterocycles. The van der Waals surface area contributed by atoms with Crippen molar-refractivity contribution in [1.82, 2.24) is 19.4 Å². The molecular formula is C32H38FN5O3. The maximum absolute atomic E-state index is 14.6. The highest BCUT2D eigenvalue weighted by Crippen LogP contribution is 2.31. The van der Waals surface area contributed by atoms with Gasteiger partial charge in [-0.3, -0.25) is 9.78 Å². The van der Waals surface area contributed by atoms with Crippen LogP contribution >= 0.6 is 0 Å². The maximum atomic E-state index is 14.6. The van der Waals surface area contributed by atoms with Crippen LogP contribution in [0.5, 0.6) is 11.5 Å². The van der Waals surface area contributed by atoms with Crippen molar-refractivity contribution in [3.05, 3.63) is 71.8 Å². The number of piperidine rings is 1. The summed E-state index contributed by atoms with van der Waals surface area (Å²) in [6.45, 7) is 8.75. The van der Waals surface area contributed by atoms with Crippen molar-refractivity contribution in [2.24, 2.45) is 13.0 Å². The molecule has 4 aromatic rings. The number of fused-ring (bicyclic) bond motifs is 1. The molecule has 1 saturated heterocycles. The van der Waals surface area contributed by atoms with E-state index in [2.05, 4.69) is 36.0 Å². The van der Waals surface area contributed by atoms with Crippen molar-refractivity contribution >= 4 is 28.5 Å². The number of halogens is 1. The zero-order valence-electron chi connectivity index (χ0n) is 24.2. The van der Waals surface area contributed by atoms with E-state index in [0.29, 0.717) is 40.9 Å². The second-order valence-electron chi connectivity index (χ2n) is 11.8. The lowest BCUT2D eigenvalue weighted by Gasteiger charge is -2.30. The summed E-state index contributed by atoms with van der Waals surface area (Å²) in [5.74, 6) is 1.59. The van der Waals surface area contributed by atoms with Crippen molar-refractivity contribution in [3.63, 3.8) is 0 Å². The number of hydrogen-bond acceptors (Lipinski definition) is 7. The largest absolute Gasteiger partial charge is 0.457 e. The third kappa shape index (κ3) is 6.74. The molecule has 2 aromatic carbocycles. The fraction of sp³-hybridized carbons (Fsp3) is 0.406. The molecule has 2 N–H and O–H groups in total. The first-order valence-electron chi connectivity index (χ1n) is 14.1. The predicted molar refractivity (Wildman–Crippen MR) is 158 cm³/mol. The number of rotatable bonds is 9. The second-order valence-corrected chi connectivity index (χ2v) is 11.8. The first-order valence-corrected chi connectivity index (χ1v) is 14.1. The molecular weight excluding hydrogens is 521 g/mol. The van der Waals surface area contributed by atoms with E-state index in [1.54, 1.807) is 18.3 Å². The molecule has 0 spiro atoms. The van der Waals surface area contributed by atoms with Gasteiger partial charge in [-0.25, -0.2) is 9.37 Å². The number of ketones is 1. The number of pyridine rings is 1. The number of nitrogens with one attached hydrogen (secondary N) is 1. The number of β-amino-alcohol motifs (C(OH)–C–C–N with tert-alkyl or cyclic N) is 1. The number of aliphatic hydroxyl groups is 1. The van der Waals surface area contributed by atoms with Crippen molar-refractivity contribution in [2.45, 2.75) is 45.4 Å². The van der Waals surface area contributed by atoms with E-state index in [0.717, 1.165) is 37.0 Å². The average Bonchev–Trinajstić information content (AvgIpc) is 3.24. The zero-order valence-corrected chi connectivity index (χ0v) is 24.2. The Bertz CT molecular complexity index is 1540. The fourth-order valence-electron chi connectivity index (χ4n) is 5.26. The van der Waals surface area contributed by atoms with Gasteiger partial charge in [0.1, 0.15) is 23.1 Å². The number of aliphatic hydroxyl groups excluding tert-OH is 1. The number of nitrogens with zero attached hydrogens (tertiary/aromatic N) is 4. The van der Waals surface area contributed by atoms with Crippen LogP contribution in [0.15, 0.2) is 54.7 Å². The SMILES string of the molecule is Cn1c(Nc2cc(C(C)(C)C)ccc2F)nc2cc(Oc3ccnc(CC(=O)C4CCN(CCO)CC4)c3)ccc21. The summed E-state index contributed by atoms with van der Waals surface area (Å²) in [7, 11) is 1.88. The molecule has 1 aliphatic rings. The third-order valence-corrected chi connectivity index (χ3v) is 7.77. The topological polar surface area (TPSA) is 92.5 Å². The van der Waals surface area contributed by atoms with Crippen molar-refractivity contribution in [2.75, 3.05) is 31.6 Å². The Morgan fingerprint density at radius 2 is 1.85 bits per heavy atom. The minimum atomic E-state index is -0.340. The molecule has 41 heavy (non-hydrogen) atoms. The Kier molecular flexibility index (Phi) is 8.37. The number of aromatic nitrogens is 3. The van der Waals surface area contributed by atoms with Gasteiger partial charge in [0, 0.05) is 44.3 Å². The number of hydrogen-bond donors (Lipinski definition) is 2. The molecule has 0 unspecified atom stereocenters. The maximum Gasteiger partial charge on any atom is 0.208 e. The summed E-state index contributed by atoms with van der Waals surface area (Å²) in [4.78, 5) is 24.2. The van der Waals surface area contributed by atoms with E-state index < -0.39 is 0 Å². The lowest BCUT2D eigenvalue weighted by atomic mass is 9.87. The number of likely N-dealkylation sites (tertiary alicyclic amines) is 1. The first-order chi connectivity index (χ1) is 19.6. The van der Waals surface area contributed by atoms with E-state index in [1.807, 2.05) is 41.9 Å². The number of benzene rings is 2. The van der Waals surface area contributed by atoms with Gasteiger partial charge in [0.2, 0.25) is 5.95 Å². The number of carbonyl (C=O) groups is 1. The van der Waals surface area contributed by atoms with Crippen LogP contribution in [0.1, 0.15) is 44.9 Å². The smallest absolute Gasteiger partial charge is 0.208 e. The lowest BCUT2D eigenvalue weighted by Crippen LogP contribution is -2.38. The Labute approximate surface area is 240 Å². The number of Topliss-reactive ketones (excluding diaryl/α,β-unsaturated/α-hetero) is 1. The highest BCUT2D eigenvalue weighted by Gasteiger charge is 2.25. The number of imidazole rings is 1. The van der Waals surface area contributed by atoms with Crippen LogP contribution in [0, 0.1) is 11.7 Å². The average molecular weight is 560 g/mol. The lowest BCUT2D eigenvalue weighted by molar-refractivity contribution is -0.123. The summed E-state index contributed by atoms with van der Waals surface area (Å²) < 4.78 is 22.6. The van der Waals surface area contributed by atoms with Crippen molar-refractivity contribution < 1.29 is 19.0 Å². The summed E-state index contributed by atoms with van der Waals surface area (Å²) in [6.07, 6.45) is 3.54. The normalized spacial score (nSPS) is 14.9. The molecule has 216 valence electrons. The minimum Gasteiger partial charge on any atom is -0.457 e. The quantitative estimate of drug-likeness (QED) is 0.270. The molecule has 5 rings (SSSR count). The van der Waals surface area contributed by atoms with Crippen LogP contribution in [0.3, 0.4) is 0 Å². The highest BCUT2D eigenvalue weighted by atomic mass is 19.1. The molecule has 1 aliphatic heterocycles. The van der Waals surface area contributed by atoms with Crippen LogP contribution in [-0.2, 0) is 23.7 Å². The summed E-state index contributed by atoms with van der Waals surface area (Å²) in [5, 5.41) is 12.3. The molecule has 3 heterocycles. The molecule has 1 fully saturated rings. The van der Waals surface area contributed by atoms with Crippen LogP contribution in [0.25, 0.3) is 11.0 Å². The molecule has 8 nitrogen and oxygen atoms in total. The van der Waals surface area contributed by atoms with Gasteiger partial charge in [-0.1, -0.05) is 26.8 Å². The monoisotopic (exact) mass is 559 g/mol. The second kappa shape index (κ2) is 12.0. The first kappa shape index (κ1) is 28.7. The van der Waals surface area contributed by atoms with Gasteiger partial charge < -0.3 is 24.6 Å². The molecule has 0 saturated carbocycles. The van der Waals surface area contributed by atoms with Gasteiger partial charge in [0.05, 0.1) is 29.0 Å². The molecule has 0 atom stereocenters. The Morgan fingerprint density at radius 1 is 1.10 bits per heavy atom. The Hall–Kier alpha value is -3.82. The van der Waals surface area contributed by atoms with Crippen molar-refractivity contribution in [1.29, 1.82) is 0 Å². The third-order valence-electron chi connectivity index (χ3n) is 7.77. The van der Waals surface area contributed by atoms with E-state index >= 15 is 0 Å². The molecule has 0 bridgehead atoms. The van der Waals surface area contributed by atoms with Crippen LogP contribution in [-0.4, -0.2) is 56.6 Å². The molecule has 0 aliphatic carbocycles. The van der Waals surface area contributed by atoms with Gasteiger partial charge >= 0.3 is 0 Å². The zero-order chi connectivity index (χ0) is 29.1. The predicted octanol–water partition coefficient (Wildman–Crippen LogP) is 5.76. The van der Waals surface area contributed by atoms with Gasteiger partial charge in [-0.2, -0.15) is 0 Å². The standard InChI is InChI=1S/C32H38FN5O3/c1-32(2,3)22-5-7-26(33)27(17-22)35-31-36-28-20-24(6-8-29(28)37(31)4)41-25-9-12-34-23(18-25)19-30(40)21-10-13-38(14-11-21)15-16-39/h5-9,12,17-18,20-21,39H,10-11,13-16,19H2,1-4H3,(H,35,36). The van der Waals surface area contributed by atoms with Crippen LogP contribution in [0.4, 0.5) is 16.0 Å². The van der Waals surface area contributed by atoms with E-state index in [-0.39, 0.29) is 36.0 Å². The number of anilines is 2. The summed E-state index contributed by atoms with van der Waals surface area (Å²) in [5.41, 5.74) is 3.55. The summed E-state index contributed by atoms with van der Waals surface area (Å²) >= 11 is 0. The summed E-state index contributed by atoms with van der Waals surface area (Å²) in [6, 6.07) is 14.3. The minimum absolute atomic E-state index is 0.0232.